The second kappa shape index (κ2) is 11.5. The maximum atomic E-state index is 12.9. The van der Waals surface area contributed by atoms with E-state index in [0.717, 1.165) is 18.7 Å². The summed E-state index contributed by atoms with van der Waals surface area (Å²) in [5, 5.41) is 5.84. The molecule has 0 radical (unpaired) electrons. The molecule has 2 heterocycles. The quantitative estimate of drug-likeness (QED) is 0.471. The van der Waals surface area contributed by atoms with Crippen molar-refractivity contribution in [2.75, 3.05) is 40.0 Å². The minimum atomic E-state index is -0.146. The predicted octanol–water partition coefficient (Wildman–Crippen LogP) is 4.79. The zero-order chi connectivity index (χ0) is 23.0. The molecule has 1 aliphatic rings. The fourth-order valence-corrected chi connectivity index (χ4v) is 4.73. The molecule has 1 atom stereocenters. The van der Waals surface area contributed by atoms with Crippen LogP contribution < -0.4 is 14.8 Å². The van der Waals surface area contributed by atoms with Crippen LogP contribution in [0.2, 0.25) is 5.02 Å². The third-order valence-electron chi connectivity index (χ3n) is 5.55. The van der Waals surface area contributed by atoms with E-state index in [1.807, 2.05) is 30.3 Å². The molecular weight excluding hydrogens is 460 g/mol. The van der Waals surface area contributed by atoms with Crippen molar-refractivity contribution < 1.29 is 19.0 Å². The number of benzene rings is 2. The molecule has 6 nitrogen and oxygen atoms in total. The fourth-order valence-electron chi connectivity index (χ4n) is 3.74. The number of morpholine rings is 1. The molecule has 1 saturated heterocycles. The van der Waals surface area contributed by atoms with Gasteiger partial charge in [-0.25, -0.2) is 0 Å². The number of hydrogen-bond donors (Lipinski definition) is 1. The van der Waals surface area contributed by atoms with E-state index in [1.165, 1.54) is 4.88 Å². The van der Waals surface area contributed by atoms with Gasteiger partial charge in [-0.05, 0) is 47.3 Å². The minimum absolute atomic E-state index is 0.127. The number of carbonyl (C=O) groups excluding carboxylic acids is 1. The minimum Gasteiger partial charge on any atom is -0.493 e. The van der Waals surface area contributed by atoms with Gasteiger partial charge in [-0.2, -0.15) is 0 Å². The van der Waals surface area contributed by atoms with Crippen LogP contribution in [0.1, 0.15) is 26.8 Å². The maximum Gasteiger partial charge on any atom is 0.251 e. The van der Waals surface area contributed by atoms with E-state index < -0.39 is 0 Å². The second-order valence-corrected chi connectivity index (χ2v) is 9.09. The van der Waals surface area contributed by atoms with Gasteiger partial charge in [-0.1, -0.05) is 29.8 Å². The Morgan fingerprint density at radius 1 is 1.15 bits per heavy atom. The SMILES string of the molecule is COc1cc(C(=O)NC[C@@H](c2cccs2)N2CCOCC2)ccc1OCc1ccc(Cl)cc1. The van der Waals surface area contributed by atoms with Crippen LogP contribution in [0.25, 0.3) is 0 Å². The highest BCUT2D eigenvalue weighted by molar-refractivity contribution is 7.10. The summed E-state index contributed by atoms with van der Waals surface area (Å²) < 4.78 is 16.9. The number of hydrogen-bond acceptors (Lipinski definition) is 6. The van der Waals surface area contributed by atoms with Gasteiger partial charge in [-0.3, -0.25) is 9.69 Å². The van der Waals surface area contributed by atoms with Crippen molar-refractivity contribution in [2.45, 2.75) is 12.6 Å². The third kappa shape index (κ3) is 6.26. The van der Waals surface area contributed by atoms with Crippen LogP contribution in [0, 0.1) is 0 Å². The Bertz CT molecular complexity index is 1040. The first-order valence-electron chi connectivity index (χ1n) is 10.8. The van der Waals surface area contributed by atoms with Crippen molar-refractivity contribution in [3.8, 4) is 11.5 Å². The monoisotopic (exact) mass is 486 g/mol. The first kappa shape index (κ1) is 23.6. The van der Waals surface area contributed by atoms with Gasteiger partial charge in [0, 0.05) is 35.1 Å². The normalized spacial score (nSPS) is 15.1. The Morgan fingerprint density at radius 2 is 1.94 bits per heavy atom. The average Bonchev–Trinajstić information content (AvgIpc) is 3.39. The van der Waals surface area contributed by atoms with Crippen LogP contribution >= 0.6 is 22.9 Å². The summed E-state index contributed by atoms with van der Waals surface area (Å²) in [7, 11) is 1.57. The maximum absolute atomic E-state index is 12.9. The molecule has 8 heteroatoms. The lowest BCUT2D eigenvalue weighted by molar-refractivity contribution is 0.0169. The summed E-state index contributed by atoms with van der Waals surface area (Å²) in [6.45, 7) is 4.03. The van der Waals surface area contributed by atoms with E-state index in [0.29, 0.717) is 48.5 Å². The van der Waals surface area contributed by atoms with Gasteiger partial charge >= 0.3 is 0 Å². The summed E-state index contributed by atoms with van der Waals surface area (Å²) in [5.41, 5.74) is 1.52. The second-order valence-electron chi connectivity index (χ2n) is 7.67. The van der Waals surface area contributed by atoms with Crippen LogP contribution in [0.3, 0.4) is 0 Å². The van der Waals surface area contributed by atoms with Crippen molar-refractivity contribution in [3.63, 3.8) is 0 Å². The number of carbonyl (C=O) groups is 1. The van der Waals surface area contributed by atoms with Gasteiger partial charge in [0.05, 0.1) is 26.4 Å². The van der Waals surface area contributed by atoms with Crippen molar-refractivity contribution in [1.29, 1.82) is 0 Å². The molecule has 1 N–H and O–H groups in total. The van der Waals surface area contributed by atoms with Crippen molar-refractivity contribution in [2.24, 2.45) is 0 Å². The molecule has 1 aliphatic heterocycles. The number of nitrogens with one attached hydrogen (secondary N) is 1. The molecular formula is C25H27ClN2O4S. The molecule has 0 aliphatic carbocycles. The van der Waals surface area contributed by atoms with Crippen LogP contribution in [0.15, 0.2) is 60.0 Å². The standard InChI is InChI=1S/C25H27ClN2O4S/c1-30-23-15-19(6-9-22(23)32-17-18-4-7-20(26)8-5-18)25(29)27-16-21(24-3-2-14-33-24)28-10-12-31-13-11-28/h2-9,14-15,21H,10-13,16-17H2,1H3,(H,27,29)/t21-/m0/s1. The molecule has 0 bridgehead atoms. The fraction of sp³-hybridized carbons (Fsp3) is 0.320. The summed E-state index contributed by atoms with van der Waals surface area (Å²) in [5.74, 6) is 0.945. The van der Waals surface area contributed by atoms with E-state index in [-0.39, 0.29) is 11.9 Å². The summed E-state index contributed by atoms with van der Waals surface area (Å²) in [4.78, 5) is 16.5. The molecule has 1 amide bonds. The molecule has 3 aromatic rings. The molecule has 1 fully saturated rings. The number of nitrogens with zero attached hydrogens (tertiary/aromatic N) is 1. The molecule has 0 spiro atoms. The molecule has 0 unspecified atom stereocenters. The average molecular weight is 487 g/mol. The van der Waals surface area contributed by atoms with Crippen molar-refractivity contribution in [1.82, 2.24) is 10.2 Å². The zero-order valence-corrected chi connectivity index (χ0v) is 20.0. The van der Waals surface area contributed by atoms with E-state index in [9.17, 15) is 4.79 Å². The highest BCUT2D eigenvalue weighted by atomic mass is 35.5. The first-order valence-corrected chi connectivity index (χ1v) is 12.1. The lowest BCUT2D eigenvalue weighted by atomic mass is 10.1. The van der Waals surface area contributed by atoms with Gasteiger partial charge in [0.2, 0.25) is 0 Å². The zero-order valence-electron chi connectivity index (χ0n) is 18.5. The van der Waals surface area contributed by atoms with Gasteiger partial charge in [0.15, 0.2) is 11.5 Å². The molecule has 174 valence electrons. The molecule has 1 aromatic heterocycles. The van der Waals surface area contributed by atoms with E-state index >= 15 is 0 Å². The topological polar surface area (TPSA) is 60.0 Å². The number of methoxy groups -OCH3 is 1. The number of halogens is 1. The highest BCUT2D eigenvalue weighted by Gasteiger charge is 2.24. The van der Waals surface area contributed by atoms with E-state index in [1.54, 1.807) is 36.6 Å². The van der Waals surface area contributed by atoms with E-state index in [2.05, 4.69) is 21.7 Å². The van der Waals surface area contributed by atoms with Crippen LogP contribution in [-0.2, 0) is 11.3 Å². The van der Waals surface area contributed by atoms with Gasteiger partial charge < -0.3 is 19.5 Å². The van der Waals surface area contributed by atoms with Crippen molar-refractivity contribution in [3.05, 3.63) is 81.0 Å². The molecule has 4 rings (SSSR count). The van der Waals surface area contributed by atoms with E-state index in [4.69, 9.17) is 25.8 Å². The van der Waals surface area contributed by atoms with Crippen LogP contribution in [0.5, 0.6) is 11.5 Å². The van der Waals surface area contributed by atoms with Crippen LogP contribution in [0.4, 0.5) is 0 Å². The summed E-state index contributed by atoms with van der Waals surface area (Å²) in [6.07, 6.45) is 0. The molecule has 0 saturated carbocycles. The van der Waals surface area contributed by atoms with Crippen LogP contribution in [-0.4, -0.2) is 50.8 Å². The smallest absolute Gasteiger partial charge is 0.251 e. The largest absolute Gasteiger partial charge is 0.493 e. The number of rotatable bonds is 9. The third-order valence-corrected chi connectivity index (χ3v) is 6.77. The Morgan fingerprint density at radius 3 is 2.64 bits per heavy atom. The lowest BCUT2D eigenvalue weighted by Crippen LogP contribution is -2.43. The van der Waals surface area contributed by atoms with Gasteiger partial charge in [0.1, 0.15) is 6.61 Å². The highest BCUT2D eigenvalue weighted by Crippen LogP contribution is 2.30. The van der Waals surface area contributed by atoms with Gasteiger partial charge in [0.25, 0.3) is 5.91 Å². The van der Waals surface area contributed by atoms with Gasteiger partial charge in [-0.15, -0.1) is 11.3 Å². The molecule has 2 aromatic carbocycles. The number of ether oxygens (including phenoxy) is 3. The first-order chi connectivity index (χ1) is 16.1. The number of amides is 1. The summed E-state index contributed by atoms with van der Waals surface area (Å²) in [6, 6.07) is 17.0. The predicted molar refractivity (Wildman–Crippen MR) is 131 cm³/mol. The van der Waals surface area contributed by atoms with Crippen molar-refractivity contribution >= 4 is 28.8 Å². The Kier molecular flexibility index (Phi) is 8.23. The lowest BCUT2D eigenvalue weighted by Gasteiger charge is -2.34. The number of thiophene rings is 1. The Balaban J connectivity index is 1.40. The Hall–Kier alpha value is -2.58. The summed E-state index contributed by atoms with van der Waals surface area (Å²) >= 11 is 7.64. The Labute approximate surface area is 203 Å². The molecule has 33 heavy (non-hydrogen) atoms.